The number of nitrogens with one attached hydrogen (secondary N) is 1. The number of aliphatic hydroxyl groups is 1. The highest BCUT2D eigenvalue weighted by molar-refractivity contribution is 6.31. The van der Waals surface area contributed by atoms with E-state index < -0.39 is 5.60 Å². The standard InChI is InChI=1S/C15H21ClN2O/c1-15(19)7-8-18(10-15)14-4-2-3-13(16)12(14)9-17-11-5-6-11/h2-4,11,17,19H,5-10H2,1H3. The molecule has 2 aliphatic rings. The van der Waals surface area contributed by atoms with E-state index in [9.17, 15) is 5.11 Å². The van der Waals surface area contributed by atoms with Gasteiger partial charge in [0.2, 0.25) is 0 Å². The normalized spacial score (nSPS) is 27.0. The fraction of sp³-hybridized carbons (Fsp3) is 0.600. The van der Waals surface area contributed by atoms with Crippen molar-refractivity contribution in [1.29, 1.82) is 0 Å². The van der Waals surface area contributed by atoms with Crippen LogP contribution in [-0.2, 0) is 6.54 Å². The number of hydrogen-bond acceptors (Lipinski definition) is 3. The van der Waals surface area contributed by atoms with E-state index in [1.54, 1.807) is 0 Å². The van der Waals surface area contributed by atoms with E-state index in [1.807, 2.05) is 19.1 Å². The second kappa shape index (κ2) is 4.97. The summed E-state index contributed by atoms with van der Waals surface area (Å²) in [5.74, 6) is 0. The van der Waals surface area contributed by atoms with Gasteiger partial charge in [-0.25, -0.2) is 0 Å². The molecule has 0 aromatic heterocycles. The molecule has 1 saturated heterocycles. The van der Waals surface area contributed by atoms with Crippen molar-refractivity contribution in [1.82, 2.24) is 5.32 Å². The Hall–Kier alpha value is -0.770. The van der Waals surface area contributed by atoms with Gasteiger partial charge in [0.1, 0.15) is 0 Å². The Balaban J connectivity index is 1.81. The first-order valence-corrected chi connectivity index (χ1v) is 7.41. The topological polar surface area (TPSA) is 35.5 Å². The van der Waals surface area contributed by atoms with E-state index in [0.717, 1.165) is 30.1 Å². The molecule has 2 N–H and O–H groups in total. The average molecular weight is 281 g/mol. The molecule has 1 unspecified atom stereocenters. The van der Waals surface area contributed by atoms with Crippen molar-refractivity contribution in [2.75, 3.05) is 18.0 Å². The maximum Gasteiger partial charge on any atom is 0.0810 e. The first-order chi connectivity index (χ1) is 9.05. The van der Waals surface area contributed by atoms with Gasteiger partial charge in [-0.05, 0) is 38.3 Å². The van der Waals surface area contributed by atoms with Gasteiger partial charge in [0.15, 0.2) is 0 Å². The minimum atomic E-state index is -0.580. The second-order valence-electron chi connectivity index (χ2n) is 6.06. The van der Waals surface area contributed by atoms with Crippen LogP contribution in [0.5, 0.6) is 0 Å². The Morgan fingerprint density at radius 2 is 2.26 bits per heavy atom. The Kier molecular flexibility index (Phi) is 3.46. The van der Waals surface area contributed by atoms with Gasteiger partial charge in [-0.15, -0.1) is 0 Å². The summed E-state index contributed by atoms with van der Waals surface area (Å²) in [6.45, 7) is 4.30. The fourth-order valence-corrected chi connectivity index (χ4v) is 2.94. The van der Waals surface area contributed by atoms with Crippen LogP contribution in [0.25, 0.3) is 0 Å². The van der Waals surface area contributed by atoms with Crippen LogP contribution in [0.1, 0.15) is 31.7 Å². The van der Waals surface area contributed by atoms with Gasteiger partial charge >= 0.3 is 0 Å². The van der Waals surface area contributed by atoms with Crippen molar-refractivity contribution >= 4 is 17.3 Å². The lowest BCUT2D eigenvalue weighted by Crippen LogP contribution is -2.30. The van der Waals surface area contributed by atoms with E-state index >= 15 is 0 Å². The number of rotatable bonds is 4. The monoisotopic (exact) mass is 280 g/mol. The highest BCUT2D eigenvalue weighted by Gasteiger charge is 2.32. The Morgan fingerprint density at radius 3 is 2.89 bits per heavy atom. The summed E-state index contributed by atoms with van der Waals surface area (Å²) in [5, 5.41) is 14.5. The lowest BCUT2D eigenvalue weighted by atomic mass is 10.1. The minimum absolute atomic E-state index is 0.580. The molecule has 4 heteroatoms. The minimum Gasteiger partial charge on any atom is -0.388 e. The van der Waals surface area contributed by atoms with Crippen LogP contribution in [0.15, 0.2) is 18.2 Å². The lowest BCUT2D eigenvalue weighted by Gasteiger charge is -2.24. The first kappa shape index (κ1) is 13.2. The van der Waals surface area contributed by atoms with Crippen molar-refractivity contribution in [3.63, 3.8) is 0 Å². The predicted octanol–water partition coefficient (Wildman–Crippen LogP) is 2.55. The third-order valence-electron chi connectivity index (χ3n) is 4.03. The predicted molar refractivity (Wildman–Crippen MR) is 78.8 cm³/mol. The van der Waals surface area contributed by atoms with Crippen molar-refractivity contribution in [3.8, 4) is 0 Å². The number of β-amino-alcohol motifs (C(OH)–C–C–N with tert-alkyl or cyclic N) is 1. The molecule has 1 atom stereocenters. The summed E-state index contributed by atoms with van der Waals surface area (Å²) in [6, 6.07) is 6.72. The Labute approximate surface area is 119 Å². The van der Waals surface area contributed by atoms with Crippen molar-refractivity contribution in [2.24, 2.45) is 0 Å². The summed E-state index contributed by atoms with van der Waals surface area (Å²) in [5.41, 5.74) is 1.75. The molecule has 0 amide bonds. The quantitative estimate of drug-likeness (QED) is 0.890. The second-order valence-corrected chi connectivity index (χ2v) is 6.47. The van der Waals surface area contributed by atoms with Crippen LogP contribution in [-0.4, -0.2) is 29.8 Å². The van der Waals surface area contributed by atoms with Crippen molar-refractivity contribution < 1.29 is 5.11 Å². The van der Waals surface area contributed by atoms with E-state index in [-0.39, 0.29) is 0 Å². The summed E-state index contributed by atoms with van der Waals surface area (Å²) in [7, 11) is 0. The van der Waals surface area contributed by atoms with Crippen LogP contribution in [0, 0.1) is 0 Å². The molecule has 3 rings (SSSR count). The number of benzene rings is 1. The van der Waals surface area contributed by atoms with Crippen molar-refractivity contribution in [3.05, 3.63) is 28.8 Å². The number of halogens is 1. The molecule has 3 nitrogen and oxygen atoms in total. The van der Waals surface area contributed by atoms with Gasteiger partial charge in [-0.2, -0.15) is 0 Å². The zero-order valence-electron chi connectivity index (χ0n) is 11.3. The molecule has 1 saturated carbocycles. The van der Waals surface area contributed by atoms with Crippen LogP contribution >= 0.6 is 11.6 Å². The molecule has 104 valence electrons. The molecular formula is C15H21ClN2O. The van der Waals surface area contributed by atoms with Crippen molar-refractivity contribution in [2.45, 2.75) is 44.4 Å². The fourth-order valence-electron chi connectivity index (χ4n) is 2.70. The van der Waals surface area contributed by atoms with Gasteiger partial charge in [-0.1, -0.05) is 17.7 Å². The highest BCUT2D eigenvalue weighted by Crippen LogP contribution is 2.33. The number of nitrogens with zero attached hydrogens (tertiary/aromatic N) is 1. The largest absolute Gasteiger partial charge is 0.388 e. The summed E-state index contributed by atoms with van der Waals surface area (Å²) in [6.07, 6.45) is 3.37. The third-order valence-corrected chi connectivity index (χ3v) is 4.39. The van der Waals surface area contributed by atoms with Gasteiger partial charge < -0.3 is 15.3 Å². The highest BCUT2D eigenvalue weighted by atomic mass is 35.5. The smallest absolute Gasteiger partial charge is 0.0810 e. The molecule has 0 spiro atoms. The SMILES string of the molecule is CC1(O)CCN(c2cccc(Cl)c2CNC2CC2)C1. The van der Waals surface area contributed by atoms with E-state index in [1.165, 1.54) is 18.5 Å². The zero-order chi connectivity index (χ0) is 13.5. The van der Waals surface area contributed by atoms with Gasteiger partial charge in [0.05, 0.1) is 5.60 Å². The lowest BCUT2D eigenvalue weighted by molar-refractivity contribution is 0.0839. The van der Waals surface area contributed by atoms with Crippen LogP contribution in [0.4, 0.5) is 5.69 Å². The molecule has 0 radical (unpaired) electrons. The molecule has 1 heterocycles. The molecular weight excluding hydrogens is 260 g/mol. The molecule has 0 bridgehead atoms. The van der Waals surface area contributed by atoms with E-state index in [4.69, 9.17) is 11.6 Å². The molecule has 2 fully saturated rings. The van der Waals surface area contributed by atoms with Crippen LogP contribution in [0.2, 0.25) is 5.02 Å². The van der Waals surface area contributed by atoms with Gasteiger partial charge in [-0.3, -0.25) is 0 Å². The summed E-state index contributed by atoms with van der Waals surface area (Å²) >= 11 is 6.35. The van der Waals surface area contributed by atoms with Gasteiger partial charge in [0, 0.05) is 41.9 Å². The molecule has 19 heavy (non-hydrogen) atoms. The molecule has 1 aromatic rings. The maximum absolute atomic E-state index is 10.1. The number of hydrogen-bond donors (Lipinski definition) is 2. The average Bonchev–Trinajstić information content (AvgIpc) is 3.11. The Bertz CT molecular complexity index is 471. The molecule has 1 aromatic carbocycles. The summed E-state index contributed by atoms with van der Waals surface area (Å²) < 4.78 is 0. The van der Waals surface area contributed by atoms with Crippen LogP contribution < -0.4 is 10.2 Å². The molecule has 1 aliphatic carbocycles. The van der Waals surface area contributed by atoms with E-state index in [2.05, 4.69) is 16.3 Å². The summed E-state index contributed by atoms with van der Waals surface area (Å²) in [4.78, 5) is 2.25. The Morgan fingerprint density at radius 1 is 1.47 bits per heavy atom. The third kappa shape index (κ3) is 3.04. The zero-order valence-corrected chi connectivity index (χ0v) is 12.1. The first-order valence-electron chi connectivity index (χ1n) is 7.03. The van der Waals surface area contributed by atoms with Gasteiger partial charge in [0.25, 0.3) is 0 Å². The maximum atomic E-state index is 10.1. The van der Waals surface area contributed by atoms with Crippen LogP contribution in [0.3, 0.4) is 0 Å². The number of anilines is 1. The van der Waals surface area contributed by atoms with E-state index in [0.29, 0.717) is 12.6 Å². The molecule has 1 aliphatic heterocycles.